The smallest absolute Gasteiger partial charge is 0.129 e. The highest BCUT2D eigenvalue weighted by Crippen LogP contribution is 2.22. The molecule has 0 aliphatic carbocycles. The second-order valence-corrected chi connectivity index (χ2v) is 3.74. The van der Waals surface area contributed by atoms with Crippen LogP contribution in [0.3, 0.4) is 0 Å². The summed E-state index contributed by atoms with van der Waals surface area (Å²) in [6.07, 6.45) is 0. The summed E-state index contributed by atoms with van der Waals surface area (Å²) in [5.74, 6) is 0.0348. The molecule has 1 N–H and O–H groups in total. The number of aliphatic hydroxyl groups is 1. The van der Waals surface area contributed by atoms with Crippen LogP contribution in [0.2, 0.25) is 0 Å². The largest absolute Gasteiger partial charge is 0.394 e. The van der Waals surface area contributed by atoms with E-state index in [1.54, 1.807) is 6.07 Å². The third-order valence-electron chi connectivity index (χ3n) is 2.26. The van der Waals surface area contributed by atoms with E-state index in [4.69, 9.17) is 9.84 Å². The number of hydrogen-bond acceptors (Lipinski definition) is 2. The first-order chi connectivity index (χ1) is 7.16. The van der Waals surface area contributed by atoms with Gasteiger partial charge in [-0.25, -0.2) is 4.39 Å². The summed E-state index contributed by atoms with van der Waals surface area (Å²) < 4.78 is 18.6. The molecular formula is C12H17FO2. The lowest BCUT2D eigenvalue weighted by Crippen LogP contribution is -2.05. The minimum atomic E-state index is -0.237. The van der Waals surface area contributed by atoms with E-state index < -0.39 is 0 Å². The summed E-state index contributed by atoms with van der Waals surface area (Å²) in [5.41, 5.74) is 1.56. The third-order valence-corrected chi connectivity index (χ3v) is 2.26. The van der Waals surface area contributed by atoms with Gasteiger partial charge < -0.3 is 9.84 Å². The number of aliphatic hydroxyl groups excluding tert-OH is 1. The average molecular weight is 212 g/mol. The molecule has 1 rings (SSSR count). The van der Waals surface area contributed by atoms with Crippen molar-refractivity contribution in [2.75, 3.05) is 13.2 Å². The van der Waals surface area contributed by atoms with Crippen molar-refractivity contribution in [2.45, 2.75) is 26.4 Å². The van der Waals surface area contributed by atoms with Crippen LogP contribution in [0.5, 0.6) is 0 Å². The summed E-state index contributed by atoms with van der Waals surface area (Å²) >= 11 is 0. The SMILES string of the molecule is CC(C)c1cccc(F)c1COCCO. The van der Waals surface area contributed by atoms with E-state index in [0.717, 1.165) is 5.56 Å². The molecule has 0 amide bonds. The lowest BCUT2D eigenvalue weighted by molar-refractivity contribution is 0.0794. The number of hydrogen-bond donors (Lipinski definition) is 1. The Kier molecular flexibility index (Phi) is 4.72. The molecule has 1 aromatic carbocycles. The first-order valence-electron chi connectivity index (χ1n) is 5.12. The van der Waals surface area contributed by atoms with Gasteiger partial charge in [-0.1, -0.05) is 26.0 Å². The van der Waals surface area contributed by atoms with Crippen LogP contribution >= 0.6 is 0 Å². The molecule has 0 bridgehead atoms. The second-order valence-electron chi connectivity index (χ2n) is 3.74. The van der Waals surface area contributed by atoms with Gasteiger partial charge in [0.25, 0.3) is 0 Å². The van der Waals surface area contributed by atoms with Gasteiger partial charge in [-0.3, -0.25) is 0 Å². The second kappa shape index (κ2) is 5.83. The monoisotopic (exact) mass is 212 g/mol. The van der Waals surface area contributed by atoms with Gasteiger partial charge >= 0.3 is 0 Å². The van der Waals surface area contributed by atoms with E-state index in [2.05, 4.69) is 0 Å². The van der Waals surface area contributed by atoms with Crippen molar-refractivity contribution in [2.24, 2.45) is 0 Å². The first kappa shape index (κ1) is 12.1. The maximum atomic E-state index is 13.5. The van der Waals surface area contributed by atoms with Gasteiger partial charge in [0.05, 0.1) is 19.8 Å². The van der Waals surface area contributed by atoms with Crippen LogP contribution in [-0.2, 0) is 11.3 Å². The highest BCUT2D eigenvalue weighted by Gasteiger charge is 2.10. The predicted molar refractivity (Wildman–Crippen MR) is 57.2 cm³/mol. The molecule has 0 atom stereocenters. The molecule has 0 radical (unpaired) electrons. The first-order valence-corrected chi connectivity index (χ1v) is 5.12. The van der Waals surface area contributed by atoms with Crippen LogP contribution in [0.4, 0.5) is 4.39 Å². The van der Waals surface area contributed by atoms with E-state index >= 15 is 0 Å². The maximum absolute atomic E-state index is 13.5. The van der Waals surface area contributed by atoms with Crippen LogP contribution in [0, 0.1) is 5.82 Å². The molecule has 1 aromatic rings. The topological polar surface area (TPSA) is 29.5 Å². The van der Waals surface area contributed by atoms with Crippen LogP contribution in [-0.4, -0.2) is 18.3 Å². The maximum Gasteiger partial charge on any atom is 0.129 e. The molecule has 0 fully saturated rings. The van der Waals surface area contributed by atoms with Crippen molar-refractivity contribution in [3.05, 3.63) is 35.1 Å². The standard InChI is InChI=1S/C12H17FO2/c1-9(2)10-4-3-5-12(13)11(10)8-15-7-6-14/h3-5,9,14H,6-8H2,1-2H3. The molecule has 0 unspecified atom stereocenters. The van der Waals surface area contributed by atoms with E-state index in [9.17, 15) is 4.39 Å². The zero-order chi connectivity index (χ0) is 11.3. The summed E-state index contributed by atoms with van der Waals surface area (Å²) in [4.78, 5) is 0. The highest BCUT2D eigenvalue weighted by atomic mass is 19.1. The summed E-state index contributed by atoms with van der Waals surface area (Å²) in [6, 6.07) is 5.05. The molecule has 0 aliphatic heterocycles. The van der Waals surface area contributed by atoms with Gasteiger partial charge in [0.1, 0.15) is 5.82 Å². The minimum absolute atomic E-state index is 0.0362. The molecule has 15 heavy (non-hydrogen) atoms. The molecule has 2 nitrogen and oxygen atoms in total. The fourth-order valence-electron chi connectivity index (χ4n) is 1.51. The van der Waals surface area contributed by atoms with Crippen molar-refractivity contribution in [1.29, 1.82) is 0 Å². The van der Waals surface area contributed by atoms with Gasteiger partial charge in [-0.2, -0.15) is 0 Å². The summed E-state index contributed by atoms with van der Waals surface area (Å²) in [5, 5.41) is 8.57. The number of halogens is 1. The molecule has 0 heterocycles. The zero-order valence-corrected chi connectivity index (χ0v) is 9.16. The average Bonchev–Trinajstić information content (AvgIpc) is 2.20. The zero-order valence-electron chi connectivity index (χ0n) is 9.16. The van der Waals surface area contributed by atoms with Crippen molar-refractivity contribution in [1.82, 2.24) is 0 Å². The molecule has 3 heteroatoms. The van der Waals surface area contributed by atoms with E-state index in [0.29, 0.717) is 5.56 Å². The summed E-state index contributed by atoms with van der Waals surface area (Å²) in [7, 11) is 0. The van der Waals surface area contributed by atoms with E-state index in [-0.39, 0.29) is 31.6 Å². The van der Waals surface area contributed by atoms with Gasteiger partial charge in [0, 0.05) is 5.56 Å². The molecule has 0 saturated carbocycles. The molecule has 0 aromatic heterocycles. The Bertz CT molecular complexity index is 310. The molecule has 0 spiro atoms. The van der Waals surface area contributed by atoms with Crippen molar-refractivity contribution in [3.8, 4) is 0 Å². The van der Waals surface area contributed by atoms with Gasteiger partial charge in [0.2, 0.25) is 0 Å². The fraction of sp³-hybridized carbons (Fsp3) is 0.500. The Balaban J connectivity index is 2.82. The Hall–Kier alpha value is -0.930. The van der Waals surface area contributed by atoms with Crippen LogP contribution in [0.15, 0.2) is 18.2 Å². The van der Waals surface area contributed by atoms with E-state index in [1.807, 2.05) is 19.9 Å². The third kappa shape index (κ3) is 3.29. The normalized spacial score (nSPS) is 11.0. The van der Waals surface area contributed by atoms with Crippen LogP contribution in [0.25, 0.3) is 0 Å². The van der Waals surface area contributed by atoms with Crippen LogP contribution in [0.1, 0.15) is 30.9 Å². The van der Waals surface area contributed by atoms with Gasteiger partial charge in [-0.05, 0) is 17.5 Å². The Morgan fingerprint density at radius 2 is 2.13 bits per heavy atom. The van der Waals surface area contributed by atoms with Crippen molar-refractivity contribution in [3.63, 3.8) is 0 Å². The Morgan fingerprint density at radius 3 is 2.73 bits per heavy atom. The quantitative estimate of drug-likeness (QED) is 0.760. The minimum Gasteiger partial charge on any atom is -0.394 e. The number of ether oxygens (including phenoxy) is 1. The number of rotatable bonds is 5. The summed E-state index contributed by atoms with van der Waals surface area (Å²) in [6.45, 7) is 4.46. The highest BCUT2D eigenvalue weighted by molar-refractivity contribution is 5.30. The van der Waals surface area contributed by atoms with E-state index in [1.165, 1.54) is 6.07 Å². The van der Waals surface area contributed by atoms with Gasteiger partial charge in [0.15, 0.2) is 0 Å². The molecule has 84 valence electrons. The molecule has 0 aliphatic rings. The van der Waals surface area contributed by atoms with Crippen molar-refractivity contribution >= 4 is 0 Å². The number of benzene rings is 1. The lowest BCUT2D eigenvalue weighted by Gasteiger charge is -2.13. The van der Waals surface area contributed by atoms with Crippen molar-refractivity contribution < 1.29 is 14.2 Å². The predicted octanol–water partition coefficient (Wildman–Crippen LogP) is 2.46. The fourth-order valence-corrected chi connectivity index (χ4v) is 1.51. The Labute approximate surface area is 89.7 Å². The van der Waals surface area contributed by atoms with Gasteiger partial charge in [-0.15, -0.1) is 0 Å². The Morgan fingerprint density at radius 1 is 1.40 bits per heavy atom. The van der Waals surface area contributed by atoms with Crippen LogP contribution < -0.4 is 0 Å². The molecular weight excluding hydrogens is 195 g/mol. The lowest BCUT2D eigenvalue weighted by atomic mass is 9.97. The molecule has 0 saturated heterocycles.